The molecule has 1 nitrogen and oxygen atoms in total. The molecule has 0 aromatic carbocycles. The number of halogens is 3. The van der Waals surface area contributed by atoms with Crippen molar-refractivity contribution in [2.24, 2.45) is 0 Å². The molecule has 0 spiro atoms. The van der Waals surface area contributed by atoms with Crippen molar-refractivity contribution >= 4 is 0 Å². The van der Waals surface area contributed by atoms with Crippen LogP contribution >= 0.6 is 0 Å². The van der Waals surface area contributed by atoms with Crippen LogP contribution in [0.4, 0.5) is 13.2 Å². The van der Waals surface area contributed by atoms with Crippen molar-refractivity contribution in [3.8, 4) is 0 Å². The average Bonchev–Trinajstić information content (AvgIpc) is 2.03. The van der Waals surface area contributed by atoms with Gasteiger partial charge in [0.25, 0.3) is 0 Å². The average molecular weight is 181 g/mol. The zero-order chi connectivity index (χ0) is 9.19. The van der Waals surface area contributed by atoms with Gasteiger partial charge >= 0.3 is 6.18 Å². The summed E-state index contributed by atoms with van der Waals surface area (Å²) >= 11 is 0. The van der Waals surface area contributed by atoms with E-state index >= 15 is 0 Å². The van der Waals surface area contributed by atoms with Crippen LogP contribution in [0.1, 0.15) is 26.2 Å². The first kappa shape index (κ1) is 9.84. The highest BCUT2D eigenvalue weighted by molar-refractivity contribution is 4.76. The van der Waals surface area contributed by atoms with E-state index in [1.807, 2.05) is 0 Å². The summed E-state index contributed by atoms with van der Waals surface area (Å²) in [7, 11) is 0. The van der Waals surface area contributed by atoms with Crippen molar-refractivity contribution in [1.29, 1.82) is 0 Å². The third-order valence-corrected chi connectivity index (χ3v) is 2.41. The fourth-order valence-corrected chi connectivity index (χ4v) is 1.51. The number of likely N-dealkylation sites (tertiary alicyclic amines) is 1. The molecule has 1 aliphatic rings. The van der Waals surface area contributed by atoms with Gasteiger partial charge in [-0.15, -0.1) is 0 Å². The van der Waals surface area contributed by atoms with Crippen LogP contribution in [0.2, 0.25) is 0 Å². The highest BCUT2D eigenvalue weighted by Gasteiger charge is 2.39. The maximum absolute atomic E-state index is 12.2. The van der Waals surface area contributed by atoms with Crippen molar-refractivity contribution in [2.75, 3.05) is 13.1 Å². The maximum atomic E-state index is 12.2. The minimum Gasteiger partial charge on any atom is -0.292 e. The molecule has 4 heteroatoms. The topological polar surface area (TPSA) is 3.24 Å². The Hall–Kier alpha value is -0.250. The van der Waals surface area contributed by atoms with Crippen LogP contribution in [0.5, 0.6) is 0 Å². The fourth-order valence-electron chi connectivity index (χ4n) is 1.51. The molecule has 72 valence electrons. The Morgan fingerprint density at radius 1 is 1.08 bits per heavy atom. The molecular weight excluding hydrogens is 167 g/mol. The molecule has 0 aromatic rings. The van der Waals surface area contributed by atoms with Gasteiger partial charge < -0.3 is 0 Å². The minimum atomic E-state index is -4.06. The van der Waals surface area contributed by atoms with Gasteiger partial charge in [-0.25, -0.2) is 0 Å². The Morgan fingerprint density at radius 2 is 1.58 bits per heavy atom. The minimum absolute atomic E-state index is 0.598. The SMILES string of the molecule is CC(N1CCCCC1)C(F)(F)F. The van der Waals surface area contributed by atoms with Crippen molar-refractivity contribution in [3.05, 3.63) is 0 Å². The molecule has 0 bridgehead atoms. The molecule has 0 aromatic heterocycles. The first-order valence-electron chi connectivity index (χ1n) is 4.32. The first-order chi connectivity index (χ1) is 5.52. The lowest BCUT2D eigenvalue weighted by atomic mass is 10.1. The molecule has 0 N–H and O–H groups in total. The highest BCUT2D eigenvalue weighted by atomic mass is 19.4. The summed E-state index contributed by atoms with van der Waals surface area (Å²) in [4.78, 5) is 1.52. The molecule has 0 aliphatic carbocycles. The van der Waals surface area contributed by atoms with E-state index < -0.39 is 12.2 Å². The van der Waals surface area contributed by atoms with E-state index in [9.17, 15) is 13.2 Å². The van der Waals surface area contributed by atoms with Crippen molar-refractivity contribution in [1.82, 2.24) is 4.90 Å². The molecule has 0 radical (unpaired) electrons. The number of rotatable bonds is 1. The number of hydrogen-bond donors (Lipinski definition) is 0. The number of alkyl halides is 3. The lowest BCUT2D eigenvalue weighted by molar-refractivity contribution is -0.180. The van der Waals surface area contributed by atoms with Crippen LogP contribution in [-0.2, 0) is 0 Å². The van der Waals surface area contributed by atoms with Gasteiger partial charge in [-0.3, -0.25) is 4.90 Å². The molecule has 1 atom stereocenters. The van der Waals surface area contributed by atoms with E-state index in [1.165, 1.54) is 11.8 Å². The van der Waals surface area contributed by atoms with E-state index in [0.717, 1.165) is 19.3 Å². The monoisotopic (exact) mass is 181 g/mol. The summed E-state index contributed by atoms with van der Waals surface area (Å²) < 4.78 is 36.6. The molecule has 0 amide bonds. The lowest BCUT2D eigenvalue weighted by Gasteiger charge is -2.33. The number of piperidine rings is 1. The van der Waals surface area contributed by atoms with Gasteiger partial charge in [0.05, 0.1) is 0 Å². The van der Waals surface area contributed by atoms with E-state index in [4.69, 9.17) is 0 Å². The summed E-state index contributed by atoms with van der Waals surface area (Å²) in [5.74, 6) is 0. The van der Waals surface area contributed by atoms with Gasteiger partial charge in [0.15, 0.2) is 0 Å². The van der Waals surface area contributed by atoms with Crippen LogP contribution in [-0.4, -0.2) is 30.2 Å². The van der Waals surface area contributed by atoms with Gasteiger partial charge in [-0.05, 0) is 32.9 Å². The summed E-state index contributed by atoms with van der Waals surface area (Å²) in [6.45, 7) is 2.44. The molecule has 12 heavy (non-hydrogen) atoms. The quantitative estimate of drug-likeness (QED) is 0.600. The predicted octanol–water partition coefficient (Wildman–Crippen LogP) is 2.42. The Bertz CT molecular complexity index is 138. The zero-order valence-electron chi connectivity index (χ0n) is 7.19. The Morgan fingerprint density at radius 3 is 2.00 bits per heavy atom. The maximum Gasteiger partial charge on any atom is 0.403 e. The van der Waals surface area contributed by atoms with Gasteiger partial charge in [0.1, 0.15) is 6.04 Å². The van der Waals surface area contributed by atoms with Gasteiger partial charge in [0, 0.05) is 0 Å². The second-order valence-electron chi connectivity index (χ2n) is 3.31. The molecular formula is C8H14F3N. The van der Waals surface area contributed by atoms with Crippen LogP contribution in [0.25, 0.3) is 0 Å². The summed E-state index contributed by atoms with van der Waals surface area (Å²) in [6, 6.07) is -1.27. The smallest absolute Gasteiger partial charge is 0.292 e. The highest BCUT2D eigenvalue weighted by Crippen LogP contribution is 2.26. The van der Waals surface area contributed by atoms with Crippen LogP contribution in [0.15, 0.2) is 0 Å². The summed E-state index contributed by atoms with van der Waals surface area (Å²) in [5.41, 5.74) is 0. The van der Waals surface area contributed by atoms with E-state index in [-0.39, 0.29) is 0 Å². The predicted molar refractivity (Wildman–Crippen MR) is 40.9 cm³/mol. The van der Waals surface area contributed by atoms with E-state index in [2.05, 4.69) is 0 Å². The standard InChI is InChI=1S/C8H14F3N/c1-7(8(9,10)11)12-5-3-2-4-6-12/h7H,2-6H2,1H3. The van der Waals surface area contributed by atoms with Crippen molar-refractivity contribution in [2.45, 2.75) is 38.4 Å². The van der Waals surface area contributed by atoms with Crippen molar-refractivity contribution < 1.29 is 13.2 Å². The summed E-state index contributed by atoms with van der Waals surface area (Å²) in [5, 5.41) is 0. The van der Waals surface area contributed by atoms with Crippen LogP contribution in [0, 0.1) is 0 Å². The van der Waals surface area contributed by atoms with E-state index in [1.54, 1.807) is 0 Å². The van der Waals surface area contributed by atoms with Gasteiger partial charge in [-0.1, -0.05) is 6.42 Å². The number of hydrogen-bond acceptors (Lipinski definition) is 1. The zero-order valence-corrected chi connectivity index (χ0v) is 7.19. The molecule has 1 unspecified atom stereocenters. The third kappa shape index (κ3) is 2.37. The molecule has 1 fully saturated rings. The lowest BCUT2D eigenvalue weighted by Crippen LogP contribution is -2.45. The van der Waals surface area contributed by atoms with Crippen LogP contribution in [0.3, 0.4) is 0 Å². The molecule has 1 aliphatic heterocycles. The molecule has 1 rings (SSSR count). The largest absolute Gasteiger partial charge is 0.403 e. The van der Waals surface area contributed by atoms with Crippen molar-refractivity contribution in [3.63, 3.8) is 0 Å². The molecule has 1 heterocycles. The summed E-state index contributed by atoms with van der Waals surface area (Å²) in [6.07, 6.45) is -1.18. The Balaban J connectivity index is 2.45. The molecule has 0 saturated carbocycles. The van der Waals surface area contributed by atoms with E-state index in [0.29, 0.717) is 13.1 Å². The molecule has 1 saturated heterocycles. The number of nitrogens with zero attached hydrogens (tertiary/aromatic N) is 1. The first-order valence-corrected chi connectivity index (χ1v) is 4.32. The second kappa shape index (κ2) is 3.64. The normalized spacial score (nSPS) is 24.0. The fraction of sp³-hybridized carbons (Fsp3) is 1.00. The van der Waals surface area contributed by atoms with Gasteiger partial charge in [-0.2, -0.15) is 13.2 Å². The van der Waals surface area contributed by atoms with Crippen LogP contribution < -0.4 is 0 Å². The second-order valence-corrected chi connectivity index (χ2v) is 3.31. The Kier molecular flexibility index (Phi) is 2.99. The van der Waals surface area contributed by atoms with Gasteiger partial charge in [0.2, 0.25) is 0 Å². The third-order valence-electron chi connectivity index (χ3n) is 2.41. The Labute approximate surface area is 70.5 Å².